The Balaban J connectivity index is 1.35. The van der Waals surface area contributed by atoms with Crippen LogP contribution in [0.1, 0.15) is 18.2 Å². The summed E-state index contributed by atoms with van der Waals surface area (Å²) in [5.74, 6) is -3.09. The quantitative estimate of drug-likeness (QED) is 0.194. The van der Waals surface area contributed by atoms with E-state index in [9.17, 15) is 19.6 Å². The maximum atomic E-state index is 12.8. The van der Waals surface area contributed by atoms with Crippen molar-refractivity contribution in [1.29, 1.82) is 0 Å². The van der Waals surface area contributed by atoms with Gasteiger partial charge in [0.25, 0.3) is 0 Å². The third-order valence-electron chi connectivity index (χ3n) is 6.40. The lowest BCUT2D eigenvalue weighted by atomic mass is 9.75. The number of pyridine rings is 1. The fourth-order valence-corrected chi connectivity index (χ4v) is 4.16. The van der Waals surface area contributed by atoms with Gasteiger partial charge < -0.3 is 20.7 Å². The molecule has 4 rings (SSSR count). The molecule has 7 nitrogen and oxygen atoms in total. The van der Waals surface area contributed by atoms with Crippen molar-refractivity contribution >= 4 is 18.9 Å². The molecule has 4 aromatic rings. The maximum Gasteiger partial charge on any atom is 0.475 e. The van der Waals surface area contributed by atoms with Gasteiger partial charge in [-0.3, -0.25) is 14.6 Å². The lowest BCUT2D eigenvalue weighted by molar-refractivity contribution is -0.134. The molecule has 0 aliphatic heterocycles. The first-order valence-electron chi connectivity index (χ1n) is 12.5. The third kappa shape index (κ3) is 6.94. The van der Waals surface area contributed by atoms with E-state index in [0.29, 0.717) is 5.69 Å². The van der Waals surface area contributed by atoms with E-state index in [1.54, 1.807) is 6.20 Å². The minimum absolute atomic E-state index is 0.154. The molecule has 0 saturated carbocycles. The Morgan fingerprint density at radius 2 is 1.39 bits per heavy atom. The van der Waals surface area contributed by atoms with E-state index in [0.717, 1.165) is 27.8 Å². The molecule has 1 unspecified atom stereocenters. The number of hydrogen-bond donors (Lipinski definition) is 4. The summed E-state index contributed by atoms with van der Waals surface area (Å²) in [7, 11) is -1.79. The summed E-state index contributed by atoms with van der Waals surface area (Å²) in [6.45, 7) is 1.64. The van der Waals surface area contributed by atoms with Gasteiger partial charge in [-0.25, -0.2) is 0 Å². The highest BCUT2D eigenvalue weighted by Crippen LogP contribution is 2.22. The van der Waals surface area contributed by atoms with Crippen LogP contribution < -0.4 is 10.6 Å². The average Bonchev–Trinajstić information content (AvgIpc) is 2.96. The molecule has 38 heavy (non-hydrogen) atoms. The Hall–Kier alpha value is -4.27. The predicted molar refractivity (Wildman–Crippen MR) is 148 cm³/mol. The first kappa shape index (κ1) is 26.8. The number of benzene rings is 3. The van der Waals surface area contributed by atoms with Gasteiger partial charge in [-0.05, 0) is 41.7 Å². The molecule has 3 aromatic carbocycles. The molecule has 1 aromatic heterocycles. The largest absolute Gasteiger partial charge is 0.475 e. The highest BCUT2D eigenvalue weighted by molar-refractivity contribution is 6.43. The number of amides is 2. The van der Waals surface area contributed by atoms with E-state index in [1.165, 1.54) is 6.92 Å². The summed E-state index contributed by atoms with van der Waals surface area (Å²) < 4.78 is 0. The molecular weight excluding hydrogens is 477 g/mol. The first-order chi connectivity index (χ1) is 18.4. The molecule has 0 aliphatic carbocycles. The molecule has 2 amide bonds. The second-order valence-corrected chi connectivity index (χ2v) is 9.10. The van der Waals surface area contributed by atoms with Gasteiger partial charge in [-0.1, -0.05) is 91.0 Å². The molecule has 0 saturated heterocycles. The topological polar surface area (TPSA) is 112 Å². The zero-order valence-corrected chi connectivity index (χ0v) is 21.1. The van der Waals surface area contributed by atoms with Crippen LogP contribution in [-0.2, 0) is 22.6 Å². The van der Waals surface area contributed by atoms with Crippen molar-refractivity contribution in [3.63, 3.8) is 0 Å². The van der Waals surface area contributed by atoms with Crippen LogP contribution in [0.2, 0.25) is 0 Å². The molecule has 0 fully saturated rings. The van der Waals surface area contributed by atoms with Gasteiger partial charge in [0, 0.05) is 11.8 Å². The normalized spacial score (nSPS) is 12.3. The van der Waals surface area contributed by atoms with Crippen molar-refractivity contribution in [3.8, 4) is 22.3 Å². The highest BCUT2D eigenvalue weighted by Gasteiger charge is 2.30. The average molecular weight is 507 g/mol. The zero-order chi connectivity index (χ0) is 26.9. The SMILES string of the molecule is CC(C(=O)NCc1ncccc1-c1ccccc1)C(=O)N[C@@H](Cc1ccc(-c2ccccc2)cc1)B(O)O. The minimum Gasteiger partial charge on any atom is -0.426 e. The number of nitrogens with zero attached hydrogens (tertiary/aromatic N) is 1. The number of aromatic nitrogens is 1. The zero-order valence-electron chi connectivity index (χ0n) is 21.1. The summed E-state index contributed by atoms with van der Waals surface area (Å²) >= 11 is 0. The number of hydrogen-bond acceptors (Lipinski definition) is 5. The van der Waals surface area contributed by atoms with Gasteiger partial charge in [0.15, 0.2) is 0 Å². The van der Waals surface area contributed by atoms with Crippen LogP contribution >= 0.6 is 0 Å². The Morgan fingerprint density at radius 3 is 2.03 bits per heavy atom. The molecular formula is C30H30BN3O4. The third-order valence-corrected chi connectivity index (χ3v) is 6.40. The van der Waals surface area contributed by atoms with Gasteiger partial charge in [-0.15, -0.1) is 0 Å². The fourth-order valence-electron chi connectivity index (χ4n) is 4.16. The monoisotopic (exact) mass is 507 g/mol. The Bertz CT molecular complexity index is 1350. The van der Waals surface area contributed by atoms with E-state index >= 15 is 0 Å². The van der Waals surface area contributed by atoms with E-state index in [-0.39, 0.29) is 13.0 Å². The van der Waals surface area contributed by atoms with E-state index in [1.807, 2.05) is 97.1 Å². The van der Waals surface area contributed by atoms with Gasteiger partial charge in [0.2, 0.25) is 11.8 Å². The molecule has 0 bridgehead atoms. The molecule has 2 atom stereocenters. The molecule has 0 aliphatic rings. The van der Waals surface area contributed by atoms with E-state index in [2.05, 4.69) is 15.6 Å². The Morgan fingerprint density at radius 1 is 0.789 bits per heavy atom. The van der Waals surface area contributed by atoms with Gasteiger partial charge >= 0.3 is 7.12 Å². The van der Waals surface area contributed by atoms with E-state index in [4.69, 9.17) is 0 Å². The van der Waals surface area contributed by atoms with Gasteiger partial charge in [0.1, 0.15) is 5.92 Å². The summed E-state index contributed by atoms with van der Waals surface area (Å²) in [4.78, 5) is 30.0. The van der Waals surface area contributed by atoms with Crippen LogP contribution in [0, 0.1) is 5.92 Å². The smallest absolute Gasteiger partial charge is 0.426 e. The van der Waals surface area contributed by atoms with Crippen LogP contribution in [-0.4, -0.2) is 39.9 Å². The second kappa shape index (κ2) is 12.8. The number of nitrogens with one attached hydrogen (secondary N) is 2. The van der Waals surface area contributed by atoms with E-state index < -0.39 is 30.8 Å². The predicted octanol–water partition coefficient (Wildman–Crippen LogP) is 3.41. The second-order valence-electron chi connectivity index (χ2n) is 9.10. The van der Waals surface area contributed by atoms with Crippen molar-refractivity contribution in [2.75, 3.05) is 0 Å². The molecule has 0 spiro atoms. The van der Waals surface area contributed by atoms with Crippen LogP contribution in [0.3, 0.4) is 0 Å². The highest BCUT2D eigenvalue weighted by atomic mass is 16.4. The van der Waals surface area contributed by atoms with Crippen LogP contribution in [0.4, 0.5) is 0 Å². The maximum absolute atomic E-state index is 12.8. The van der Waals surface area contributed by atoms with Crippen molar-refractivity contribution in [2.24, 2.45) is 5.92 Å². The molecule has 192 valence electrons. The molecule has 8 heteroatoms. The molecule has 0 radical (unpaired) electrons. The van der Waals surface area contributed by atoms with Gasteiger partial charge in [0.05, 0.1) is 18.2 Å². The summed E-state index contributed by atoms with van der Waals surface area (Å²) in [5, 5.41) is 25.2. The summed E-state index contributed by atoms with van der Waals surface area (Å²) in [6.07, 6.45) is 1.85. The molecule has 4 N–H and O–H groups in total. The Labute approximate surface area is 222 Å². The number of carbonyl (C=O) groups is 2. The number of carbonyl (C=O) groups excluding carboxylic acids is 2. The van der Waals surface area contributed by atoms with Crippen molar-refractivity contribution < 1.29 is 19.6 Å². The summed E-state index contributed by atoms with van der Waals surface area (Å²) in [6, 6.07) is 31.1. The van der Waals surface area contributed by atoms with Crippen LogP contribution in [0.5, 0.6) is 0 Å². The standard InChI is InChI=1S/C30H30BN3O4/c1-21(29(35)33-20-27-26(13-8-18-32-27)25-11-6-3-7-12-25)30(36)34-28(31(37)38)19-22-14-16-24(17-15-22)23-9-4-2-5-10-23/h2-18,21,28,37-38H,19-20H2,1H3,(H,33,35)(H,34,36)/t21?,28-/m0/s1. The first-order valence-corrected chi connectivity index (χ1v) is 12.5. The molecule has 1 heterocycles. The summed E-state index contributed by atoms with van der Waals surface area (Å²) in [5.41, 5.74) is 5.49. The fraction of sp³-hybridized carbons (Fsp3) is 0.167. The van der Waals surface area contributed by atoms with Gasteiger partial charge in [-0.2, -0.15) is 0 Å². The lowest BCUT2D eigenvalue weighted by Gasteiger charge is -2.20. The minimum atomic E-state index is -1.79. The van der Waals surface area contributed by atoms with Crippen LogP contribution in [0.25, 0.3) is 22.3 Å². The lowest BCUT2D eigenvalue weighted by Crippen LogP contribution is -2.51. The van der Waals surface area contributed by atoms with Crippen LogP contribution in [0.15, 0.2) is 103 Å². The van der Waals surface area contributed by atoms with Crippen molar-refractivity contribution in [3.05, 3.63) is 115 Å². The number of rotatable bonds is 10. The van der Waals surface area contributed by atoms with Crippen molar-refractivity contribution in [1.82, 2.24) is 15.6 Å². The van der Waals surface area contributed by atoms with Crippen molar-refractivity contribution in [2.45, 2.75) is 25.8 Å². The Kier molecular flexibility index (Phi) is 9.03.